The van der Waals surface area contributed by atoms with Gasteiger partial charge in [0.25, 0.3) is 0 Å². The molecule has 0 unspecified atom stereocenters. The summed E-state index contributed by atoms with van der Waals surface area (Å²) in [6, 6.07) is 3.66. The smallest absolute Gasteiger partial charge is 0.164 e. The zero-order valence-electron chi connectivity index (χ0n) is 8.12. The lowest BCUT2D eigenvalue weighted by atomic mass is 10.2. The Bertz CT molecular complexity index is 505. The number of benzene rings is 1. The van der Waals surface area contributed by atoms with Crippen LogP contribution in [0.3, 0.4) is 0 Å². The lowest BCUT2D eigenvalue weighted by molar-refractivity contribution is 0.506. The van der Waals surface area contributed by atoms with E-state index < -0.39 is 11.6 Å². The van der Waals surface area contributed by atoms with Crippen LogP contribution < -0.4 is 5.73 Å². The summed E-state index contributed by atoms with van der Waals surface area (Å²) in [5.74, 6) is -1.55. The summed E-state index contributed by atoms with van der Waals surface area (Å²) in [5.41, 5.74) is 6.03. The minimum Gasteiger partial charge on any atom is -0.381 e. The normalized spacial score (nSPS) is 10.7. The summed E-state index contributed by atoms with van der Waals surface area (Å²) in [7, 11) is 0. The number of hydrogen-bond acceptors (Lipinski definition) is 2. The number of nitrogens with zero attached hydrogens (tertiary/aromatic N) is 2. The molecule has 0 fully saturated rings. The van der Waals surface area contributed by atoms with Crippen LogP contribution in [0.1, 0.15) is 5.56 Å². The first-order chi connectivity index (χ1) is 7.56. The fourth-order valence-corrected chi connectivity index (χ4v) is 1.47. The molecule has 0 saturated heterocycles. The van der Waals surface area contributed by atoms with Crippen molar-refractivity contribution in [3.8, 4) is 0 Å². The quantitative estimate of drug-likeness (QED) is 0.881. The second kappa shape index (κ2) is 4.09. The molecule has 0 aliphatic heterocycles. The first-order valence-electron chi connectivity index (χ1n) is 4.48. The largest absolute Gasteiger partial charge is 0.381 e. The molecule has 1 heterocycles. The summed E-state index contributed by atoms with van der Waals surface area (Å²) < 4.78 is 27.0. The second-order valence-corrected chi connectivity index (χ2v) is 3.72. The number of hydrogen-bond donors (Lipinski definition) is 1. The van der Waals surface area contributed by atoms with Crippen LogP contribution in [0.25, 0.3) is 0 Å². The van der Waals surface area contributed by atoms with Gasteiger partial charge in [-0.25, -0.2) is 8.78 Å². The third kappa shape index (κ3) is 2.14. The van der Waals surface area contributed by atoms with Gasteiger partial charge in [-0.15, -0.1) is 0 Å². The van der Waals surface area contributed by atoms with E-state index in [4.69, 9.17) is 17.3 Å². The van der Waals surface area contributed by atoms with Crippen molar-refractivity contribution in [3.05, 3.63) is 46.6 Å². The second-order valence-electron chi connectivity index (χ2n) is 3.31. The topological polar surface area (TPSA) is 43.8 Å². The number of halogens is 3. The van der Waals surface area contributed by atoms with Gasteiger partial charge in [-0.05, 0) is 17.7 Å². The van der Waals surface area contributed by atoms with Gasteiger partial charge in [0.1, 0.15) is 5.02 Å². The molecule has 0 saturated carbocycles. The molecule has 84 valence electrons. The third-order valence-electron chi connectivity index (χ3n) is 2.07. The van der Waals surface area contributed by atoms with Gasteiger partial charge in [0.2, 0.25) is 0 Å². The predicted molar refractivity (Wildman–Crippen MR) is 57.1 cm³/mol. The molecule has 0 aliphatic carbocycles. The summed E-state index contributed by atoms with van der Waals surface area (Å²) in [6.07, 6.45) is 1.53. The van der Waals surface area contributed by atoms with Crippen molar-refractivity contribution < 1.29 is 8.78 Å². The standard InChI is InChI=1S/C10H8ClF2N3/c11-7-5-16(15-10(7)14)4-6-1-2-8(12)9(13)3-6/h1-3,5H,4H2,(H2,14,15). The Morgan fingerprint density at radius 2 is 2.06 bits per heavy atom. The van der Waals surface area contributed by atoms with E-state index in [1.54, 1.807) is 0 Å². The minimum absolute atomic E-state index is 0.212. The maximum absolute atomic E-state index is 12.9. The van der Waals surface area contributed by atoms with E-state index in [1.165, 1.54) is 16.9 Å². The summed E-state index contributed by atoms with van der Waals surface area (Å²) >= 11 is 5.71. The van der Waals surface area contributed by atoms with Gasteiger partial charge in [0.05, 0.1) is 6.54 Å². The van der Waals surface area contributed by atoms with E-state index in [1.807, 2.05) is 0 Å². The highest BCUT2D eigenvalue weighted by Gasteiger charge is 2.06. The van der Waals surface area contributed by atoms with Gasteiger partial charge >= 0.3 is 0 Å². The summed E-state index contributed by atoms with van der Waals surface area (Å²) in [5, 5.41) is 4.24. The number of nitrogen functional groups attached to an aromatic ring is 1. The maximum Gasteiger partial charge on any atom is 0.164 e. The highest BCUT2D eigenvalue weighted by atomic mass is 35.5. The van der Waals surface area contributed by atoms with Crippen LogP contribution in [-0.4, -0.2) is 9.78 Å². The van der Waals surface area contributed by atoms with Crippen molar-refractivity contribution in [2.75, 3.05) is 5.73 Å². The molecule has 2 N–H and O–H groups in total. The lowest BCUT2D eigenvalue weighted by Crippen LogP contribution is -2.02. The summed E-state index contributed by atoms with van der Waals surface area (Å²) in [6.45, 7) is 0.286. The van der Waals surface area contributed by atoms with E-state index in [-0.39, 0.29) is 12.4 Å². The van der Waals surface area contributed by atoms with Crippen molar-refractivity contribution in [1.82, 2.24) is 9.78 Å². The van der Waals surface area contributed by atoms with E-state index in [0.29, 0.717) is 10.6 Å². The van der Waals surface area contributed by atoms with Gasteiger partial charge in [0.15, 0.2) is 17.5 Å². The van der Waals surface area contributed by atoms with Crippen LogP contribution in [0.5, 0.6) is 0 Å². The van der Waals surface area contributed by atoms with Crippen LogP contribution in [0.2, 0.25) is 5.02 Å². The molecule has 2 aromatic rings. The minimum atomic E-state index is -0.885. The Labute approximate surface area is 95.4 Å². The van der Waals surface area contributed by atoms with E-state index in [0.717, 1.165) is 12.1 Å². The van der Waals surface area contributed by atoms with Crippen molar-refractivity contribution in [2.45, 2.75) is 6.54 Å². The molecular weight excluding hydrogens is 236 g/mol. The Hall–Kier alpha value is -1.62. The Morgan fingerprint density at radius 1 is 1.31 bits per heavy atom. The zero-order chi connectivity index (χ0) is 11.7. The van der Waals surface area contributed by atoms with Gasteiger partial charge in [-0.2, -0.15) is 5.10 Å². The molecule has 1 aromatic carbocycles. The molecular formula is C10H8ClF2N3. The zero-order valence-corrected chi connectivity index (χ0v) is 8.88. The van der Waals surface area contributed by atoms with E-state index in [9.17, 15) is 8.78 Å². The molecule has 0 bridgehead atoms. The SMILES string of the molecule is Nc1nn(Cc2ccc(F)c(F)c2)cc1Cl. The highest BCUT2D eigenvalue weighted by Crippen LogP contribution is 2.17. The Balaban J connectivity index is 2.23. The first-order valence-corrected chi connectivity index (χ1v) is 4.86. The first kappa shape index (κ1) is 10.9. The molecule has 0 amide bonds. The van der Waals surface area contributed by atoms with Crippen molar-refractivity contribution in [2.24, 2.45) is 0 Å². The Morgan fingerprint density at radius 3 is 2.62 bits per heavy atom. The van der Waals surface area contributed by atoms with Crippen LogP contribution in [-0.2, 0) is 6.54 Å². The Kier molecular flexibility index (Phi) is 2.78. The molecule has 16 heavy (non-hydrogen) atoms. The van der Waals surface area contributed by atoms with Crippen LogP contribution in [0.15, 0.2) is 24.4 Å². The fraction of sp³-hybridized carbons (Fsp3) is 0.100. The van der Waals surface area contributed by atoms with Crippen molar-refractivity contribution in [1.29, 1.82) is 0 Å². The monoisotopic (exact) mass is 243 g/mol. The number of aromatic nitrogens is 2. The van der Waals surface area contributed by atoms with Gasteiger partial charge in [-0.1, -0.05) is 17.7 Å². The molecule has 2 rings (SSSR count). The predicted octanol–water partition coefficient (Wildman–Crippen LogP) is 2.45. The average Bonchev–Trinajstić information content (AvgIpc) is 2.52. The van der Waals surface area contributed by atoms with Crippen molar-refractivity contribution in [3.63, 3.8) is 0 Å². The molecule has 6 heteroatoms. The molecule has 0 aliphatic rings. The molecule has 0 radical (unpaired) electrons. The molecule has 0 atom stereocenters. The molecule has 1 aromatic heterocycles. The number of rotatable bonds is 2. The molecule has 3 nitrogen and oxygen atoms in total. The van der Waals surface area contributed by atoms with Gasteiger partial charge in [-0.3, -0.25) is 4.68 Å². The van der Waals surface area contributed by atoms with Gasteiger partial charge < -0.3 is 5.73 Å². The highest BCUT2D eigenvalue weighted by molar-refractivity contribution is 6.32. The van der Waals surface area contributed by atoms with Gasteiger partial charge in [0, 0.05) is 6.20 Å². The number of nitrogens with two attached hydrogens (primary N) is 1. The van der Waals surface area contributed by atoms with E-state index in [2.05, 4.69) is 5.10 Å². The third-order valence-corrected chi connectivity index (χ3v) is 2.36. The lowest BCUT2D eigenvalue weighted by Gasteiger charge is -2.02. The number of anilines is 1. The van der Waals surface area contributed by atoms with Crippen LogP contribution in [0.4, 0.5) is 14.6 Å². The van der Waals surface area contributed by atoms with Crippen molar-refractivity contribution >= 4 is 17.4 Å². The molecule has 0 spiro atoms. The van der Waals surface area contributed by atoms with E-state index >= 15 is 0 Å². The van der Waals surface area contributed by atoms with Crippen LogP contribution >= 0.6 is 11.6 Å². The average molecular weight is 244 g/mol. The summed E-state index contributed by atoms with van der Waals surface area (Å²) in [4.78, 5) is 0. The van der Waals surface area contributed by atoms with Crippen LogP contribution in [0, 0.1) is 11.6 Å². The fourth-order valence-electron chi connectivity index (χ4n) is 1.32. The maximum atomic E-state index is 12.9.